The molecule has 0 aliphatic carbocycles. The van der Waals surface area contributed by atoms with Crippen molar-refractivity contribution in [1.82, 2.24) is 19.9 Å². The molecule has 0 aliphatic heterocycles. The fourth-order valence-corrected chi connectivity index (χ4v) is 3.04. The van der Waals surface area contributed by atoms with E-state index in [1.54, 1.807) is 48.5 Å². The van der Waals surface area contributed by atoms with E-state index in [2.05, 4.69) is 25.3 Å². The molecule has 2 heterocycles. The van der Waals surface area contributed by atoms with Crippen molar-refractivity contribution >= 4 is 40.5 Å². The maximum absolute atomic E-state index is 12.1. The Morgan fingerprint density at radius 2 is 1.76 bits per heavy atom. The smallest absolute Gasteiger partial charge is 0.416 e. The Morgan fingerprint density at radius 3 is 2.48 bits per heavy atom. The summed E-state index contributed by atoms with van der Waals surface area (Å²) in [6.45, 7) is 1.35. The van der Waals surface area contributed by atoms with E-state index in [9.17, 15) is 14.7 Å². The van der Waals surface area contributed by atoms with Crippen LogP contribution in [-0.2, 0) is 4.79 Å². The predicted molar refractivity (Wildman–Crippen MR) is 108 cm³/mol. The van der Waals surface area contributed by atoms with E-state index >= 15 is 0 Å². The van der Waals surface area contributed by atoms with Gasteiger partial charge in [0.2, 0.25) is 11.9 Å². The average Bonchev–Trinajstić information content (AvgIpc) is 3.17. The number of para-hydroxylation sites is 2. The lowest BCUT2D eigenvalue weighted by molar-refractivity contribution is -0.114. The summed E-state index contributed by atoms with van der Waals surface area (Å²) in [5.74, 6) is -0.237. The molecule has 0 fully saturated rings. The molecule has 0 radical (unpaired) electrons. The fourth-order valence-electron chi connectivity index (χ4n) is 3.04. The van der Waals surface area contributed by atoms with Crippen molar-refractivity contribution < 1.29 is 14.7 Å². The second-order valence-corrected chi connectivity index (χ2v) is 6.15. The van der Waals surface area contributed by atoms with Crippen LogP contribution >= 0.6 is 0 Å². The van der Waals surface area contributed by atoms with E-state index in [0.29, 0.717) is 33.8 Å². The number of carbonyl (C=O) groups excluding carboxylic acids is 1. The van der Waals surface area contributed by atoms with Crippen molar-refractivity contribution in [2.75, 3.05) is 10.2 Å². The molecule has 2 aromatic heterocycles. The van der Waals surface area contributed by atoms with Crippen LogP contribution in [0.25, 0.3) is 22.4 Å². The van der Waals surface area contributed by atoms with E-state index in [1.807, 2.05) is 6.07 Å². The van der Waals surface area contributed by atoms with Crippen LogP contribution in [0, 0.1) is 0 Å². The summed E-state index contributed by atoms with van der Waals surface area (Å²) in [6.07, 6.45) is 0.329. The van der Waals surface area contributed by atoms with Crippen molar-refractivity contribution in [3.63, 3.8) is 0 Å². The number of nitrogens with zero attached hydrogens (tertiary/aromatic N) is 4. The third-order valence-corrected chi connectivity index (χ3v) is 4.18. The molecule has 2 amide bonds. The molecular weight excluding hydrogens is 372 g/mol. The van der Waals surface area contributed by atoms with Gasteiger partial charge in [-0.05, 0) is 18.2 Å². The third kappa shape index (κ3) is 3.48. The Morgan fingerprint density at radius 1 is 1.03 bits per heavy atom. The highest BCUT2D eigenvalue weighted by atomic mass is 16.4. The standard InChI is InChI=1S/C20H16N6O3/c1-12(27)23-19-24-16(17-18(25-19)22-11-21-17)14-9-5-6-10-15(14)26(20(28)29)13-7-3-2-4-8-13/h2-11H,1H3,(H,28,29)(H2,21,22,23,24,25,27). The van der Waals surface area contributed by atoms with Crippen molar-refractivity contribution in [2.24, 2.45) is 0 Å². The van der Waals surface area contributed by atoms with Crippen LogP contribution in [0.15, 0.2) is 60.9 Å². The van der Waals surface area contributed by atoms with Gasteiger partial charge in [0.05, 0.1) is 17.7 Å². The molecule has 0 saturated carbocycles. The average molecular weight is 388 g/mol. The van der Waals surface area contributed by atoms with Crippen molar-refractivity contribution in [3.05, 3.63) is 60.9 Å². The zero-order valence-electron chi connectivity index (χ0n) is 15.3. The van der Waals surface area contributed by atoms with Gasteiger partial charge in [-0.1, -0.05) is 36.4 Å². The number of aromatic nitrogens is 4. The van der Waals surface area contributed by atoms with E-state index in [0.717, 1.165) is 0 Å². The maximum atomic E-state index is 12.1. The first-order chi connectivity index (χ1) is 14.0. The van der Waals surface area contributed by atoms with Gasteiger partial charge in [-0.3, -0.25) is 10.1 Å². The number of rotatable bonds is 4. The van der Waals surface area contributed by atoms with Gasteiger partial charge in [0.1, 0.15) is 11.2 Å². The van der Waals surface area contributed by atoms with Crippen molar-refractivity contribution in [1.29, 1.82) is 0 Å². The number of nitrogens with one attached hydrogen (secondary N) is 2. The quantitative estimate of drug-likeness (QED) is 0.488. The van der Waals surface area contributed by atoms with Gasteiger partial charge in [0, 0.05) is 12.5 Å². The summed E-state index contributed by atoms with van der Waals surface area (Å²) in [6, 6.07) is 15.7. The molecule has 4 rings (SSSR count). The monoisotopic (exact) mass is 388 g/mol. The molecule has 29 heavy (non-hydrogen) atoms. The van der Waals surface area contributed by atoms with Gasteiger partial charge in [0.25, 0.3) is 0 Å². The highest BCUT2D eigenvalue weighted by Crippen LogP contribution is 2.36. The van der Waals surface area contributed by atoms with Gasteiger partial charge in [0.15, 0.2) is 5.65 Å². The summed E-state index contributed by atoms with van der Waals surface area (Å²) in [5, 5.41) is 12.5. The number of carboxylic acid groups (broad SMARTS) is 1. The number of carbonyl (C=O) groups is 2. The minimum absolute atomic E-state index is 0.0866. The molecule has 3 N–H and O–H groups in total. The molecule has 4 aromatic rings. The molecule has 144 valence electrons. The first-order valence-corrected chi connectivity index (χ1v) is 8.71. The third-order valence-electron chi connectivity index (χ3n) is 4.18. The number of hydrogen-bond donors (Lipinski definition) is 3. The highest BCUT2D eigenvalue weighted by Gasteiger charge is 2.23. The maximum Gasteiger partial charge on any atom is 0.416 e. The largest absolute Gasteiger partial charge is 0.464 e. The fraction of sp³-hybridized carbons (Fsp3) is 0.0500. The number of benzene rings is 2. The van der Waals surface area contributed by atoms with Gasteiger partial charge in [-0.25, -0.2) is 19.7 Å². The lowest BCUT2D eigenvalue weighted by atomic mass is 10.1. The molecule has 0 unspecified atom stereocenters. The van der Waals surface area contributed by atoms with Crippen LogP contribution in [0.2, 0.25) is 0 Å². The molecule has 2 aromatic carbocycles. The Kier molecular flexibility index (Phi) is 4.62. The highest BCUT2D eigenvalue weighted by molar-refractivity contribution is 6.02. The minimum atomic E-state index is -1.14. The molecule has 0 spiro atoms. The first-order valence-electron chi connectivity index (χ1n) is 8.71. The molecule has 0 bridgehead atoms. The molecule has 9 heteroatoms. The molecule has 0 aliphatic rings. The molecule has 0 atom stereocenters. The Hall–Kier alpha value is -4.27. The van der Waals surface area contributed by atoms with Crippen LogP contribution in [0.3, 0.4) is 0 Å². The van der Waals surface area contributed by atoms with Crippen molar-refractivity contribution in [3.8, 4) is 11.3 Å². The minimum Gasteiger partial charge on any atom is -0.464 e. The van der Waals surface area contributed by atoms with Gasteiger partial charge < -0.3 is 10.1 Å². The van der Waals surface area contributed by atoms with Crippen molar-refractivity contribution in [2.45, 2.75) is 6.92 Å². The first kappa shape index (κ1) is 18.1. The van der Waals surface area contributed by atoms with E-state index in [-0.39, 0.29) is 11.9 Å². The van der Waals surface area contributed by atoms with E-state index in [1.165, 1.54) is 18.2 Å². The molecular formula is C20H16N6O3. The number of H-pyrrole nitrogens is 1. The number of anilines is 3. The van der Waals surface area contributed by atoms with Crippen LogP contribution in [-0.4, -0.2) is 37.0 Å². The van der Waals surface area contributed by atoms with Crippen LogP contribution in [0.1, 0.15) is 6.92 Å². The van der Waals surface area contributed by atoms with Gasteiger partial charge in [-0.15, -0.1) is 0 Å². The summed E-state index contributed by atoms with van der Waals surface area (Å²) in [7, 11) is 0. The number of amides is 2. The van der Waals surface area contributed by atoms with Crippen LogP contribution in [0.4, 0.5) is 22.1 Å². The van der Waals surface area contributed by atoms with E-state index in [4.69, 9.17) is 0 Å². The zero-order chi connectivity index (χ0) is 20.4. The summed E-state index contributed by atoms with van der Waals surface area (Å²) in [5.41, 5.74) is 2.76. The summed E-state index contributed by atoms with van der Waals surface area (Å²) < 4.78 is 0. The SMILES string of the molecule is CC(=O)Nc1nc(-c2ccccc2N(C(=O)O)c2ccccc2)c2[nH]cnc2n1. The second kappa shape index (κ2) is 7.39. The number of aromatic amines is 1. The number of fused-ring (bicyclic) bond motifs is 1. The van der Waals surface area contributed by atoms with Gasteiger partial charge >= 0.3 is 6.09 Å². The number of imidazole rings is 1. The number of hydrogen-bond acceptors (Lipinski definition) is 5. The Bertz CT molecular complexity index is 1210. The topological polar surface area (TPSA) is 124 Å². The Labute approximate surface area is 165 Å². The summed E-state index contributed by atoms with van der Waals surface area (Å²) >= 11 is 0. The molecule has 9 nitrogen and oxygen atoms in total. The van der Waals surface area contributed by atoms with Gasteiger partial charge in [-0.2, -0.15) is 4.98 Å². The Balaban J connectivity index is 1.95. The second-order valence-electron chi connectivity index (χ2n) is 6.15. The van der Waals surface area contributed by atoms with Crippen LogP contribution < -0.4 is 10.2 Å². The molecule has 0 saturated heterocycles. The lowest BCUT2D eigenvalue weighted by Crippen LogP contribution is -2.24. The van der Waals surface area contributed by atoms with Crippen LogP contribution in [0.5, 0.6) is 0 Å². The predicted octanol–water partition coefficient (Wildman–Crippen LogP) is 3.79. The normalized spacial score (nSPS) is 10.7. The summed E-state index contributed by atoms with van der Waals surface area (Å²) in [4.78, 5) is 40.6. The van der Waals surface area contributed by atoms with E-state index < -0.39 is 6.09 Å². The lowest BCUT2D eigenvalue weighted by Gasteiger charge is -2.22. The zero-order valence-corrected chi connectivity index (χ0v) is 15.3.